The van der Waals surface area contributed by atoms with Crippen molar-refractivity contribution in [2.45, 2.75) is 32.2 Å². The van der Waals surface area contributed by atoms with Crippen LogP contribution in [-0.4, -0.2) is 20.8 Å². The molecule has 114 valence electrons. The van der Waals surface area contributed by atoms with Crippen molar-refractivity contribution in [1.82, 2.24) is 9.78 Å². The summed E-state index contributed by atoms with van der Waals surface area (Å²) in [4.78, 5) is 11.2. The molecule has 0 radical (unpaired) electrons. The second-order valence-electron chi connectivity index (χ2n) is 5.61. The van der Waals surface area contributed by atoms with E-state index in [-0.39, 0.29) is 11.7 Å². The van der Waals surface area contributed by atoms with Crippen LogP contribution in [0, 0.1) is 0 Å². The van der Waals surface area contributed by atoms with Crippen LogP contribution in [0.15, 0.2) is 36.9 Å². The van der Waals surface area contributed by atoms with Crippen molar-refractivity contribution in [3.63, 3.8) is 0 Å². The summed E-state index contributed by atoms with van der Waals surface area (Å²) < 4.78 is 1.94. The second kappa shape index (κ2) is 5.67. The number of phenols is 1. The first-order valence-corrected chi connectivity index (χ1v) is 7.38. The normalized spacial score (nSPS) is 13.9. The van der Waals surface area contributed by atoms with Crippen LogP contribution in [-0.2, 0) is 11.3 Å². The SMILES string of the molecule is C=CCn1nc(-c2cc(NC(C)=O)ccc2O)cc1C1CC1. The molecule has 1 aromatic heterocycles. The molecule has 0 unspecified atom stereocenters. The maximum Gasteiger partial charge on any atom is 0.221 e. The number of benzene rings is 1. The van der Waals surface area contributed by atoms with Gasteiger partial charge in [0.15, 0.2) is 0 Å². The van der Waals surface area contributed by atoms with Crippen LogP contribution in [0.5, 0.6) is 5.75 Å². The number of aromatic nitrogens is 2. The summed E-state index contributed by atoms with van der Waals surface area (Å²) in [5.41, 5.74) is 3.16. The summed E-state index contributed by atoms with van der Waals surface area (Å²) >= 11 is 0. The van der Waals surface area contributed by atoms with Crippen LogP contribution in [0.3, 0.4) is 0 Å². The lowest BCUT2D eigenvalue weighted by Crippen LogP contribution is -2.05. The highest BCUT2D eigenvalue weighted by Gasteiger charge is 2.28. The number of hydrogen-bond donors (Lipinski definition) is 2. The van der Waals surface area contributed by atoms with E-state index in [0.29, 0.717) is 29.4 Å². The largest absolute Gasteiger partial charge is 0.507 e. The van der Waals surface area contributed by atoms with Gasteiger partial charge in [-0.25, -0.2) is 0 Å². The predicted octanol–water partition coefficient (Wildman–Crippen LogP) is 3.28. The Labute approximate surface area is 129 Å². The van der Waals surface area contributed by atoms with Gasteiger partial charge in [0.25, 0.3) is 0 Å². The van der Waals surface area contributed by atoms with Crippen molar-refractivity contribution in [3.05, 3.63) is 42.6 Å². The number of nitrogens with one attached hydrogen (secondary N) is 1. The summed E-state index contributed by atoms with van der Waals surface area (Å²) in [6, 6.07) is 7.01. The third-order valence-corrected chi connectivity index (χ3v) is 3.70. The molecule has 2 N–H and O–H groups in total. The van der Waals surface area contributed by atoms with Crippen molar-refractivity contribution >= 4 is 11.6 Å². The fourth-order valence-corrected chi connectivity index (χ4v) is 2.56. The minimum atomic E-state index is -0.146. The molecule has 1 heterocycles. The average Bonchev–Trinajstić information content (AvgIpc) is 3.23. The maximum absolute atomic E-state index is 11.2. The minimum absolute atomic E-state index is 0.146. The number of rotatable bonds is 5. The number of aromatic hydroxyl groups is 1. The van der Waals surface area contributed by atoms with Crippen LogP contribution < -0.4 is 5.32 Å². The van der Waals surface area contributed by atoms with Gasteiger partial charge in [-0.3, -0.25) is 9.48 Å². The van der Waals surface area contributed by atoms with Gasteiger partial charge < -0.3 is 10.4 Å². The van der Waals surface area contributed by atoms with E-state index in [0.717, 1.165) is 0 Å². The van der Waals surface area contributed by atoms with E-state index in [1.807, 2.05) is 16.8 Å². The lowest BCUT2D eigenvalue weighted by molar-refractivity contribution is -0.114. The zero-order valence-electron chi connectivity index (χ0n) is 12.5. The van der Waals surface area contributed by atoms with E-state index in [1.54, 1.807) is 18.2 Å². The molecule has 1 aliphatic rings. The lowest BCUT2D eigenvalue weighted by Gasteiger charge is -2.06. The third-order valence-electron chi connectivity index (χ3n) is 3.70. The van der Waals surface area contributed by atoms with Crippen molar-refractivity contribution in [2.24, 2.45) is 0 Å². The number of phenolic OH excluding ortho intramolecular Hbond substituents is 1. The van der Waals surface area contributed by atoms with E-state index in [9.17, 15) is 9.90 Å². The highest BCUT2D eigenvalue weighted by molar-refractivity contribution is 5.90. The topological polar surface area (TPSA) is 67.2 Å². The summed E-state index contributed by atoms with van der Waals surface area (Å²) in [7, 11) is 0. The zero-order valence-corrected chi connectivity index (χ0v) is 12.5. The Bertz CT molecular complexity index is 730. The fraction of sp³-hybridized carbons (Fsp3) is 0.294. The Kier molecular flexibility index (Phi) is 3.71. The molecule has 0 saturated heterocycles. The lowest BCUT2D eigenvalue weighted by atomic mass is 10.1. The second-order valence-corrected chi connectivity index (χ2v) is 5.61. The van der Waals surface area contributed by atoms with Gasteiger partial charge >= 0.3 is 0 Å². The minimum Gasteiger partial charge on any atom is -0.507 e. The maximum atomic E-state index is 11.2. The van der Waals surface area contributed by atoms with Gasteiger partial charge in [-0.2, -0.15) is 5.10 Å². The monoisotopic (exact) mass is 297 g/mol. The molecule has 1 fully saturated rings. The van der Waals surface area contributed by atoms with Crippen molar-refractivity contribution in [3.8, 4) is 17.0 Å². The summed E-state index contributed by atoms with van der Waals surface area (Å²) in [6.45, 7) is 5.87. The van der Waals surface area contributed by atoms with Crippen LogP contribution in [0.1, 0.15) is 31.4 Å². The summed E-state index contributed by atoms with van der Waals surface area (Å²) in [5, 5.41) is 17.4. The van der Waals surface area contributed by atoms with Crippen LogP contribution in [0.25, 0.3) is 11.3 Å². The van der Waals surface area contributed by atoms with Crippen LogP contribution in [0.4, 0.5) is 5.69 Å². The Balaban J connectivity index is 2.00. The molecule has 1 amide bonds. The third kappa shape index (κ3) is 2.88. The number of allylic oxidation sites excluding steroid dienone is 1. The van der Waals surface area contributed by atoms with E-state index in [2.05, 4.69) is 17.0 Å². The summed E-state index contributed by atoms with van der Waals surface area (Å²) in [6.07, 6.45) is 4.18. The van der Waals surface area contributed by atoms with E-state index in [4.69, 9.17) is 0 Å². The molecule has 2 aromatic rings. The molecule has 0 atom stereocenters. The molecule has 3 rings (SSSR count). The van der Waals surface area contributed by atoms with E-state index < -0.39 is 0 Å². The average molecular weight is 297 g/mol. The van der Waals surface area contributed by atoms with Crippen molar-refractivity contribution in [1.29, 1.82) is 0 Å². The van der Waals surface area contributed by atoms with Gasteiger partial charge in [-0.1, -0.05) is 6.08 Å². The Morgan fingerprint density at radius 1 is 1.50 bits per heavy atom. The number of anilines is 1. The Hall–Kier alpha value is -2.56. The fourth-order valence-electron chi connectivity index (χ4n) is 2.56. The first-order valence-electron chi connectivity index (χ1n) is 7.38. The molecular formula is C17H19N3O2. The number of carbonyl (C=O) groups excluding carboxylic acids is 1. The number of amides is 1. The highest BCUT2D eigenvalue weighted by Crippen LogP contribution is 2.42. The molecule has 0 bridgehead atoms. The number of carbonyl (C=O) groups is 1. The molecule has 5 nitrogen and oxygen atoms in total. The smallest absolute Gasteiger partial charge is 0.221 e. The quantitative estimate of drug-likeness (QED) is 0.657. The van der Waals surface area contributed by atoms with Crippen LogP contribution >= 0.6 is 0 Å². The molecule has 22 heavy (non-hydrogen) atoms. The van der Waals surface area contributed by atoms with Gasteiger partial charge in [0.2, 0.25) is 5.91 Å². The summed E-state index contributed by atoms with van der Waals surface area (Å²) in [5.74, 6) is 0.564. The number of hydrogen-bond acceptors (Lipinski definition) is 3. The van der Waals surface area contributed by atoms with E-state index in [1.165, 1.54) is 25.5 Å². The van der Waals surface area contributed by atoms with Crippen molar-refractivity contribution in [2.75, 3.05) is 5.32 Å². The van der Waals surface area contributed by atoms with Crippen LogP contribution in [0.2, 0.25) is 0 Å². The molecule has 0 aliphatic heterocycles. The van der Waals surface area contributed by atoms with Gasteiger partial charge in [0.05, 0.1) is 12.2 Å². The molecule has 1 aromatic carbocycles. The molecule has 1 aliphatic carbocycles. The van der Waals surface area contributed by atoms with Crippen molar-refractivity contribution < 1.29 is 9.90 Å². The highest BCUT2D eigenvalue weighted by atomic mass is 16.3. The molecule has 5 heteroatoms. The van der Waals surface area contributed by atoms with E-state index >= 15 is 0 Å². The first kappa shape index (κ1) is 14.4. The number of nitrogens with zero attached hydrogens (tertiary/aromatic N) is 2. The predicted molar refractivity (Wildman–Crippen MR) is 85.8 cm³/mol. The Morgan fingerprint density at radius 2 is 2.27 bits per heavy atom. The van der Waals surface area contributed by atoms with Gasteiger partial charge in [-0.05, 0) is 37.1 Å². The zero-order chi connectivity index (χ0) is 15.7. The molecule has 0 spiro atoms. The molecule has 1 saturated carbocycles. The Morgan fingerprint density at radius 3 is 2.91 bits per heavy atom. The van der Waals surface area contributed by atoms with Gasteiger partial charge in [0, 0.05) is 29.8 Å². The van der Waals surface area contributed by atoms with Gasteiger partial charge in [0.1, 0.15) is 5.75 Å². The standard InChI is InChI=1S/C17H19N3O2/c1-3-8-20-16(12-4-5-12)10-15(19-20)14-9-13(18-11(2)21)6-7-17(14)22/h3,6-7,9-10,12,22H,1,4-5,8H2,2H3,(H,18,21). The van der Waals surface area contributed by atoms with Gasteiger partial charge in [-0.15, -0.1) is 6.58 Å². The first-order chi connectivity index (χ1) is 10.6. The molecular weight excluding hydrogens is 278 g/mol.